The number of aliphatic hydroxyl groups excluding tert-OH is 3. The van der Waals surface area contributed by atoms with Gasteiger partial charge in [0.1, 0.15) is 5.54 Å². The molecule has 0 aliphatic carbocycles. The van der Waals surface area contributed by atoms with Crippen molar-refractivity contribution in [3.63, 3.8) is 0 Å². The number of hydrogen-bond acceptors (Lipinski definition) is 5. The van der Waals surface area contributed by atoms with E-state index < -0.39 is 25.4 Å². The molecule has 0 atom stereocenters. The molecule has 0 aliphatic rings. The molecule has 1 aromatic rings. The highest BCUT2D eigenvalue weighted by Crippen LogP contribution is 2.16. The molecule has 0 fully saturated rings. The van der Waals surface area contributed by atoms with E-state index in [1.807, 2.05) is 18.2 Å². The Labute approximate surface area is 127 Å². The summed E-state index contributed by atoms with van der Waals surface area (Å²) in [6.45, 7) is -1.57. The fourth-order valence-electron chi connectivity index (χ4n) is 1.49. The Morgan fingerprint density at radius 2 is 1.90 bits per heavy atom. The minimum Gasteiger partial charge on any atom is -0.394 e. The summed E-state index contributed by atoms with van der Waals surface area (Å²) in [5.41, 5.74) is -0.360. The minimum atomic E-state index is -1.37. The van der Waals surface area contributed by atoms with Crippen molar-refractivity contribution in [1.82, 2.24) is 5.32 Å². The quantitative estimate of drug-likeness (QED) is 0.557. The van der Waals surface area contributed by atoms with Gasteiger partial charge in [-0.3, -0.25) is 4.79 Å². The molecule has 0 bridgehead atoms. The molecule has 4 N–H and O–H groups in total. The lowest BCUT2D eigenvalue weighted by molar-refractivity contribution is -0.122. The number of carbonyl (C=O) groups excluding carboxylic acids is 1. The summed E-state index contributed by atoms with van der Waals surface area (Å²) in [5.74, 6) is 0.432. The van der Waals surface area contributed by atoms with Gasteiger partial charge in [-0.1, -0.05) is 23.7 Å². The number of carbonyl (C=O) groups is 1. The zero-order chi connectivity index (χ0) is 15.0. The van der Waals surface area contributed by atoms with Gasteiger partial charge in [0.25, 0.3) is 0 Å². The fraction of sp³-hybridized carbons (Fsp3) is 0.462. The van der Waals surface area contributed by atoms with E-state index in [-0.39, 0.29) is 11.7 Å². The second-order valence-electron chi connectivity index (χ2n) is 4.43. The predicted octanol–water partition coefficient (Wildman–Crippen LogP) is 0.405. The van der Waals surface area contributed by atoms with Crippen LogP contribution in [0.25, 0.3) is 0 Å². The van der Waals surface area contributed by atoms with Gasteiger partial charge in [0.2, 0.25) is 5.91 Å². The number of benzene rings is 1. The van der Waals surface area contributed by atoms with Crippen molar-refractivity contribution in [2.75, 3.05) is 25.6 Å². The van der Waals surface area contributed by atoms with Gasteiger partial charge in [-0.25, -0.2) is 0 Å². The highest BCUT2D eigenvalue weighted by Gasteiger charge is 2.29. The van der Waals surface area contributed by atoms with Crippen LogP contribution in [0.3, 0.4) is 0 Å². The number of nitrogens with one attached hydrogen (secondary N) is 1. The van der Waals surface area contributed by atoms with E-state index in [9.17, 15) is 4.79 Å². The van der Waals surface area contributed by atoms with Crippen molar-refractivity contribution in [1.29, 1.82) is 0 Å². The van der Waals surface area contributed by atoms with Gasteiger partial charge >= 0.3 is 0 Å². The predicted molar refractivity (Wildman–Crippen MR) is 79.7 cm³/mol. The van der Waals surface area contributed by atoms with E-state index >= 15 is 0 Å². The minimum absolute atomic E-state index is 0.161. The largest absolute Gasteiger partial charge is 0.394 e. The molecule has 0 unspecified atom stereocenters. The normalized spacial score (nSPS) is 11.4. The van der Waals surface area contributed by atoms with E-state index in [4.69, 9.17) is 26.9 Å². The Morgan fingerprint density at radius 1 is 1.25 bits per heavy atom. The Balaban J connectivity index is 2.40. The van der Waals surface area contributed by atoms with Crippen molar-refractivity contribution in [3.05, 3.63) is 34.9 Å². The standard InChI is InChI=1S/C13H18ClNO4S/c14-11-3-1-2-10(4-11)5-20-6-12(19)15-13(7-16,8-17)9-18/h1-4,16-18H,5-9H2,(H,15,19). The lowest BCUT2D eigenvalue weighted by Crippen LogP contribution is -2.57. The summed E-state index contributed by atoms with van der Waals surface area (Å²) in [6.07, 6.45) is 0. The molecule has 0 aromatic heterocycles. The SMILES string of the molecule is O=C(CSCc1cccc(Cl)c1)NC(CO)(CO)CO. The van der Waals surface area contributed by atoms with Crippen LogP contribution in [0.1, 0.15) is 5.56 Å². The molecule has 112 valence electrons. The summed E-state index contributed by atoms with van der Waals surface area (Å²) < 4.78 is 0. The summed E-state index contributed by atoms with van der Waals surface area (Å²) in [5, 5.41) is 30.4. The maximum absolute atomic E-state index is 11.7. The fourth-order valence-corrected chi connectivity index (χ4v) is 2.48. The Hall–Kier alpha value is -0.790. The van der Waals surface area contributed by atoms with Crippen LogP contribution in [0.4, 0.5) is 0 Å². The molecule has 0 saturated carbocycles. The first-order valence-electron chi connectivity index (χ1n) is 6.01. The zero-order valence-electron chi connectivity index (χ0n) is 10.9. The maximum Gasteiger partial charge on any atom is 0.230 e. The number of rotatable bonds is 8. The highest BCUT2D eigenvalue weighted by molar-refractivity contribution is 7.99. The van der Waals surface area contributed by atoms with Crippen LogP contribution in [0.15, 0.2) is 24.3 Å². The van der Waals surface area contributed by atoms with E-state index in [2.05, 4.69) is 5.32 Å². The third kappa shape index (κ3) is 5.30. The second-order valence-corrected chi connectivity index (χ2v) is 5.85. The molecule has 0 heterocycles. The number of thioether (sulfide) groups is 1. The molecular formula is C13H18ClNO4S. The summed E-state index contributed by atoms with van der Waals surface area (Å²) in [7, 11) is 0. The van der Waals surface area contributed by atoms with Gasteiger partial charge in [0.05, 0.1) is 25.6 Å². The summed E-state index contributed by atoms with van der Waals surface area (Å²) in [6, 6.07) is 7.36. The summed E-state index contributed by atoms with van der Waals surface area (Å²) >= 11 is 7.24. The average Bonchev–Trinajstić information content (AvgIpc) is 2.45. The van der Waals surface area contributed by atoms with Gasteiger partial charge in [-0.15, -0.1) is 11.8 Å². The maximum atomic E-state index is 11.7. The number of halogens is 1. The molecule has 0 saturated heterocycles. The van der Waals surface area contributed by atoms with Crippen molar-refractivity contribution in [3.8, 4) is 0 Å². The monoisotopic (exact) mass is 319 g/mol. The van der Waals surface area contributed by atoms with Crippen molar-refractivity contribution in [2.24, 2.45) is 0 Å². The third-order valence-electron chi connectivity index (χ3n) is 2.70. The highest BCUT2D eigenvalue weighted by atomic mass is 35.5. The van der Waals surface area contributed by atoms with Crippen LogP contribution in [-0.4, -0.2) is 52.3 Å². The van der Waals surface area contributed by atoms with E-state index in [1.165, 1.54) is 11.8 Å². The number of amides is 1. The first kappa shape index (κ1) is 17.3. The van der Waals surface area contributed by atoms with Gasteiger partial charge in [0.15, 0.2) is 0 Å². The van der Waals surface area contributed by atoms with Crippen LogP contribution in [-0.2, 0) is 10.5 Å². The zero-order valence-corrected chi connectivity index (χ0v) is 12.5. The number of hydrogen-bond donors (Lipinski definition) is 4. The van der Waals surface area contributed by atoms with Crippen LogP contribution in [0.2, 0.25) is 5.02 Å². The smallest absolute Gasteiger partial charge is 0.230 e. The van der Waals surface area contributed by atoms with Gasteiger partial charge in [-0.2, -0.15) is 0 Å². The van der Waals surface area contributed by atoms with Crippen LogP contribution < -0.4 is 5.32 Å². The molecule has 5 nitrogen and oxygen atoms in total. The van der Waals surface area contributed by atoms with Crippen molar-refractivity contribution in [2.45, 2.75) is 11.3 Å². The summed E-state index contributed by atoms with van der Waals surface area (Å²) in [4.78, 5) is 11.7. The van der Waals surface area contributed by atoms with Crippen molar-refractivity contribution < 1.29 is 20.1 Å². The van der Waals surface area contributed by atoms with Gasteiger partial charge < -0.3 is 20.6 Å². The van der Waals surface area contributed by atoms with E-state index in [0.29, 0.717) is 10.8 Å². The van der Waals surface area contributed by atoms with Crippen LogP contribution in [0, 0.1) is 0 Å². The van der Waals surface area contributed by atoms with Crippen LogP contribution >= 0.6 is 23.4 Å². The Kier molecular flexibility index (Phi) is 7.32. The second kappa shape index (κ2) is 8.49. The Morgan fingerprint density at radius 3 is 2.45 bits per heavy atom. The van der Waals surface area contributed by atoms with Gasteiger partial charge in [0, 0.05) is 10.8 Å². The lowest BCUT2D eigenvalue weighted by atomic mass is 10.0. The Bertz CT molecular complexity index is 432. The number of aliphatic hydroxyl groups is 3. The van der Waals surface area contributed by atoms with Crippen LogP contribution in [0.5, 0.6) is 0 Å². The molecule has 0 aliphatic heterocycles. The van der Waals surface area contributed by atoms with Gasteiger partial charge in [-0.05, 0) is 17.7 Å². The first-order valence-corrected chi connectivity index (χ1v) is 7.54. The first-order chi connectivity index (χ1) is 9.55. The molecule has 1 rings (SSSR count). The average molecular weight is 320 g/mol. The van der Waals surface area contributed by atoms with E-state index in [1.54, 1.807) is 6.07 Å². The lowest BCUT2D eigenvalue weighted by Gasteiger charge is -2.28. The molecule has 0 radical (unpaired) electrons. The molecule has 0 spiro atoms. The molecule has 7 heteroatoms. The molecule has 1 amide bonds. The van der Waals surface area contributed by atoms with E-state index in [0.717, 1.165) is 5.56 Å². The molecular weight excluding hydrogens is 302 g/mol. The van der Waals surface area contributed by atoms with Crippen molar-refractivity contribution >= 4 is 29.3 Å². The third-order valence-corrected chi connectivity index (χ3v) is 3.94. The topological polar surface area (TPSA) is 89.8 Å². The molecule has 20 heavy (non-hydrogen) atoms. The molecule has 1 aromatic carbocycles.